The lowest BCUT2D eigenvalue weighted by molar-refractivity contribution is -0.266. The maximum absolute atomic E-state index is 11.1. The molecule has 1 unspecified atom stereocenters. The fourth-order valence-corrected chi connectivity index (χ4v) is 1.94. The van der Waals surface area contributed by atoms with Crippen LogP contribution in [0.3, 0.4) is 0 Å². The zero-order chi connectivity index (χ0) is 13.0. The number of hydrogen-bond donors (Lipinski definition) is 3. The maximum Gasteiger partial charge on any atom is 0.217 e. The zero-order valence-electron chi connectivity index (χ0n) is 10.1. The minimum atomic E-state index is -1.03. The van der Waals surface area contributed by atoms with Crippen LogP contribution in [-0.2, 0) is 19.0 Å². The minimum absolute atomic E-state index is 0.280. The number of carbonyl (C=O) groups excluding carboxylic acids is 1. The summed E-state index contributed by atoms with van der Waals surface area (Å²) < 4.78 is 15.5. The Balaban J connectivity index is 2.86. The van der Waals surface area contributed by atoms with E-state index >= 15 is 0 Å². The molecule has 0 radical (unpaired) electrons. The van der Waals surface area contributed by atoms with E-state index in [-0.39, 0.29) is 12.5 Å². The van der Waals surface area contributed by atoms with Gasteiger partial charge in [0.1, 0.15) is 24.4 Å². The summed E-state index contributed by atoms with van der Waals surface area (Å²) in [6.07, 6.45) is -3.30. The van der Waals surface area contributed by atoms with Gasteiger partial charge in [-0.05, 0) is 0 Å². The lowest BCUT2D eigenvalue weighted by atomic mass is 9.96. The first-order valence-corrected chi connectivity index (χ1v) is 5.32. The third-order valence-corrected chi connectivity index (χ3v) is 2.73. The van der Waals surface area contributed by atoms with E-state index in [1.807, 2.05) is 0 Å². The highest BCUT2D eigenvalue weighted by atomic mass is 16.7. The molecular weight excluding hydrogens is 230 g/mol. The summed E-state index contributed by atoms with van der Waals surface area (Å²) in [5.74, 6) is -0.280. The molecule has 7 heteroatoms. The standard InChI is InChI=1S/C10H19NO6/c1-5(13)11-7-9(15-2)8(14)6(4-12)17-10(7)16-3/h6-10,12,14H,4H2,1-3H3,(H,11,13)/t6-,7-,8-,9-,10?/m1/s1. The molecule has 0 spiro atoms. The second kappa shape index (κ2) is 6.27. The van der Waals surface area contributed by atoms with Crippen molar-refractivity contribution < 1.29 is 29.2 Å². The van der Waals surface area contributed by atoms with Crippen LogP contribution in [0.15, 0.2) is 0 Å². The highest BCUT2D eigenvalue weighted by Crippen LogP contribution is 2.23. The van der Waals surface area contributed by atoms with Gasteiger partial charge < -0.3 is 29.7 Å². The summed E-state index contributed by atoms with van der Waals surface area (Å²) in [6.45, 7) is 0.998. The molecule has 1 heterocycles. The number of carbonyl (C=O) groups is 1. The van der Waals surface area contributed by atoms with Crippen molar-refractivity contribution in [3.05, 3.63) is 0 Å². The third kappa shape index (κ3) is 3.14. The third-order valence-electron chi connectivity index (χ3n) is 2.73. The lowest BCUT2D eigenvalue weighted by Crippen LogP contribution is -2.64. The van der Waals surface area contributed by atoms with Gasteiger partial charge in [0.25, 0.3) is 0 Å². The van der Waals surface area contributed by atoms with Gasteiger partial charge in [-0.15, -0.1) is 0 Å². The van der Waals surface area contributed by atoms with Gasteiger partial charge in [0.05, 0.1) is 6.61 Å². The molecule has 1 rings (SSSR count). The lowest BCUT2D eigenvalue weighted by Gasteiger charge is -2.43. The fraction of sp³-hybridized carbons (Fsp3) is 0.900. The number of nitrogens with one attached hydrogen (secondary N) is 1. The molecule has 3 N–H and O–H groups in total. The minimum Gasteiger partial charge on any atom is -0.394 e. The summed E-state index contributed by atoms with van der Waals surface area (Å²) in [6, 6.07) is -0.625. The van der Waals surface area contributed by atoms with E-state index in [9.17, 15) is 9.90 Å². The van der Waals surface area contributed by atoms with E-state index in [1.54, 1.807) is 0 Å². The van der Waals surface area contributed by atoms with Crippen molar-refractivity contribution in [1.29, 1.82) is 0 Å². The highest BCUT2D eigenvalue weighted by molar-refractivity contribution is 5.73. The number of aliphatic hydroxyl groups is 2. The van der Waals surface area contributed by atoms with Crippen LogP contribution in [0.1, 0.15) is 6.92 Å². The Labute approximate surface area is 99.7 Å². The number of hydrogen-bond acceptors (Lipinski definition) is 6. The SMILES string of the molecule is COC1O[C@H](CO)[C@@H](O)[C@H](OC)[C@H]1NC(C)=O. The predicted octanol–water partition coefficient (Wildman–Crippen LogP) is -1.77. The van der Waals surface area contributed by atoms with Gasteiger partial charge >= 0.3 is 0 Å². The Hall–Kier alpha value is -0.730. The van der Waals surface area contributed by atoms with Crippen molar-refractivity contribution in [3.63, 3.8) is 0 Å². The van der Waals surface area contributed by atoms with E-state index in [0.717, 1.165) is 0 Å². The Morgan fingerprint density at radius 3 is 2.47 bits per heavy atom. The molecule has 1 aliphatic heterocycles. The smallest absolute Gasteiger partial charge is 0.217 e. The molecule has 5 atom stereocenters. The van der Waals surface area contributed by atoms with Gasteiger partial charge in [-0.2, -0.15) is 0 Å². The topological polar surface area (TPSA) is 97.2 Å². The Morgan fingerprint density at radius 1 is 1.41 bits per heavy atom. The summed E-state index contributed by atoms with van der Waals surface area (Å²) in [5, 5.41) is 21.6. The number of aliphatic hydroxyl groups excluding tert-OH is 2. The largest absolute Gasteiger partial charge is 0.394 e. The fourth-order valence-electron chi connectivity index (χ4n) is 1.94. The van der Waals surface area contributed by atoms with E-state index in [1.165, 1.54) is 21.1 Å². The van der Waals surface area contributed by atoms with E-state index in [0.29, 0.717) is 0 Å². The monoisotopic (exact) mass is 249 g/mol. The van der Waals surface area contributed by atoms with Gasteiger partial charge in [0.2, 0.25) is 5.91 Å². The van der Waals surface area contributed by atoms with E-state index in [4.69, 9.17) is 19.3 Å². The van der Waals surface area contributed by atoms with Crippen LogP contribution < -0.4 is 5.32 Å². The molecule has 1 fully saturated rings. The molecule has 0 saturated carbocycles. The Bertz CT molecular complexity index is 261. The normalized spacial score (nSPS) is 37.8. The molecule has 0 bridgehead atoms. The van der Waals surface area contributed by atoms with Gasteiger partial charge in [0.15, 0.2) is 6.29 Å². The summed E-state index contributed by atoms with van der Waals surface area (Å²) >= 11 is 0. The molecule has 0 aromatic rings. The molecule has 0 aromatic carbocycles. The van der Waals surface area contributed by atoms with E-state index in [2.05, 4.69) is 5.32 Å². The van der Waals surface area contributed by atoms with Crippen LogP contribution in [0.5, 0.6) is 0 Å². The van der Waals surface area contributed by atoms with Gasteiger partial charge in [-0.1, -0.05) is 0 Å². The average molecular weight is 249 g/mol. The van der Waals surface area contributed by atoms with Crippen LogP contribution in [0, 0.1) is 0 Å². The van der Waals surface area contributed by atoms with Gasteiger partial charge in [0, 0.05) is 21.1 Å². The van der Waals surface area contributed by atoms with Crippen molar-refractivity contribution in [2.24, 2.45) is 0 Å². The van der Waals surface area contributed by atoms with Crippen LogP contribution >= 0.6 is 0 Å². The summed E-state index contributed by atoms with van der Waals surface area (Å²) in [5.41, 5.74) is 0. The first kappa shape index (κ1) is 14.3. The summed E-state index contributed by atoms with van der Waals surface area (Å²) in [4.78, 5) is 11.1. The predicted molar refractivity (Wildman–Crippen MR) is 57.2 cm³/mol. The molecule has 0 aromatic heterocycles. The number of amides is 1. The first-order chi connectivity index (χ1) is 8.04. The Kier molecular flexibility index (Phi) is 5.29. The van der Waals surface area contributed by atoms with Crippen LogP contribution in [0.2, 0.25) is 0 Å². The van der Waals surface area contributed by atoms with Gasteiger partial charge in [-0.3, -0.25) is 4.79 Å². The molecule has 17 heavy (non-hydrogen) atoms. The molecule has 0 aliphatic carbocycles. The second-order valence-corrected chi connectivity index (χ2v) is 3.88. The quantitative estimate of drug-likeness (QED) is 0.545. The van der Waals surface area contributed by atoms with Crippen molar-refractivity contribution in [1.82, 2.24) is 5.32 Å². The Morgan fingerprint density at radius 2 is 2.06 bits per heavy atom. The van der Waals surface area contributed by atoms with E-state index < -0.39 is 30.6 Å². The number of methoxy groups -OCH3 is 2. The number of ether oxygens (including phenoxy) is 3. The molecule has 7 nitrogen and oxygen atoms in total. The van der Waals surface area contributed by atoms with Crippen LogP contribution in [0.25, 0.3) is 0 Å². The number of rotatable bonds is 4. The molecule has 1 aliphatic rings. The average Bonchev–Trinajstić information content (AvgIpc) is 2.29. The van der Waals surface area contributed by atoms with Crippen LogP contribution in [-0.4, -0.2) is 67.6 Å². The first-order valence-electron chi connectivity index (χ1n) is 5.32. The van der Waals surface area contributed by atoms with Crippen molar-refractivity contribution >= 4 is 5.91 Å². The molecule has 100 valence electrons. The summed E-state index contributed by atoms with van der Waals surface area (Å²) in [7, 11) is 2.83. The molecule has 1 saturated heterocycles. The van der Waals surface area contributed by atoms with Crippen molar-refractivity contribution in [2.75, 3.05) is 20.8 Å². The maximum atomic E-state index is 11.1. The molecule has 1 amide bonds. The second-order valence-electron chi connectivity index (χ2n) is 3.88. The highest BCUT2D eigenvalue weighted by Gasteiger charge is 2.45. The molecular formula is C10H19NO6. The van der Waals surface area contributed by atoms with Gasteiger partial charge in [-0.25, -0.2) is 0 Å². The zero-order valence-corrected chi connectivity index (χ0v) is 10.1. The van der Waals surface area contributed by atoms with Crippen molar-refractivity contribution in [3.8, 4) is 0 Å². The van der Waals surface area contributed by atoms with Crippen LogP contribution in [0.4, 0.5) is 0 Å². The van der Waals surface area contributed by atoms with Crippen molar-refractivity contribution in [2.45, 2.75) is 37.6 Å².